The molecule has 1 aromatic heterocycles. The van der Waals surface area contributed by atoms with Gasteiger partial charge in [-0.05, 0) is 38.2 Å². The van der Waals surface area contributed by atoms with Crippen molar-refractivity contribution in [3.63, 3.8) is 0 Å². The van der Waals surface area contributed by atoms with E-state index in [4.69, 9.17) is 0 Å². The molecule has 0 aliphatic heterocycles. The molecule has 1 fully saturated rings. The minimum atomic E-state index is 0.963. The largest absolute Gasteiger partial charge is 0.272 e. The second-order valence-corrected chi connectivity index (χ2v) is 3.55. The molecule has 2 nitrogen and oxygen atoms in total. The van der Waals surface area contributed by atoms with Crippen LogP contribution in [0.5, 0.6) is 0 Å². The van der Waals surface area contributed by atoms with Crippen LogP contribution in [-0.2, 0) is 13.5 Å². The number of hydrogen-bond donors (Lipinski definition) is 0. The Labute approximate surface area is 67.2 Å². The lowest BCUT2D eigenvalue weighted by molar-refractivity contribution is 0.673. The Morgan fingerprint density at radius 3 is 2.82 bits per heavy atom. The van der Waals surface area contributed by atoms with Crippen LogP contribution in [0.4, 0.5) is 0 Å². The maximum atomic E-state index is 4.31. The van der Waals surface area contributed by atoms with Crippen LogP contribution >= 0.6 is 0 Å². The van der Waals surface area contributed by atoms with Gasteiger partial charge in [0.1, 0.15) is 0 Å². The van der Waals surface area contributed by atoms with E-state index in [9.17, 15) is 0 Å². The van der Waals surface area contributed by atoms with Gasteiger partial charge in [0.2, 0.25) is 0 Å². The van der Waals surface area contributed by atoms with Crippen LogP contribution < -0.4 is 0 Å². The number of aryl methyl sites for hydroxylation is 2. The lowest BCUT2D eigenvalue weighted by atomic mass is 10.2. The fourth-order valence-corrected chi connectivity index (χ4v) is 1.47. The summed E-state index contributed by atoms with van der Waals surface area (Å²) in [5, 5.41) is 4.31. The van der Waals surface area contributed by atoms with Crippen molar-refractivity contribution in [1.82, 2.24) is 9.78 Å². The van der Waals surface area contributed by atoms with Crippen molar-refractivity contribution in [3.8, 4) is 0 Å². The van der Waals surface area contributed by atoms with Crippen molar-refractivity contribution in [3.05, 3.63) is 17.5 Å². The van der Waals surface area contributed by atoms with Crippen molar-refractivity contribution < 1.29 is 0 Å². The third-order valence-electron chi connectivity index (χ3n) is 2.29. The number of hydrogen-bond acceptors (Lipinski definition) is 1. The number of rotatable bonds is 2. The normalized spacial score (nSPS) is 17.3. The Morgan fingerprint density at radius 1 is 1.64 bits per heavy atom. The van der Waals surface area contributed by atoms with Crippen LogP contribution in [0.15, 0.2) is 6.07 Å². The van der Waals surface area contributed by atoms with Crippen LogP contribution in [-0.4, -0.2) is 9.78 Å². The molecule has 0 unspecified atom stereocenters. The van der Waals surface area contributed by atoms with E-state index in [1.54, 1.807) is 0 Å². The summed E-state index contributed by atoms with van der Waals surface area (Å²) in [7, 11) is 2.03. The number of nitrogens with zero attached hydrogens (tertiary/aromatic N) is 2. The SMILES string of the molecule is Cc1cc(CC2CC2)n(C)n1. The summed E-state index contributed by atoms with van der Waals surface area (Å²) < 4.78 is 2.01. The van der Waals surface area contributed by atoms with E-state index in [2.05, 4.69) is 18.1 Å². The van der Waals surface area contributed by atoms with Crippen LogP contribution in [0.1, 0.15) is 24.2 Å². The Hall–Kier alpha value is -0.790. The molecular weight excluding hydrogens is 136 g/mol. The Bertz CT molecular complexity index is 259. The zero-order valence-electron chi connectivity index (χ0n) is 7.17. The molecule has 1 aliphatic rings. The molecular formula is C9H14N2. The van der Waals surface area contributed by atoms with Gasteiger partial charge in [-0.25, -0.2) is 0 Å². The average Bonchev–Trinajstić information content (AvgIpc) is 2.64. The van der Waals surface area contributed by atoms with E-state index < -0.39 is 0 Å². The first-order valence-electron chi connectivity index (χ1n) is 4.25. The molecule has 11 heavy (non-hydrogen) atoms. The van der Waals surface area contributed by atoms with Gasteiger partial charge < -0.3 is 0 Å². The Kier molecular flexibility index (Phi) is 1.48. The Morgan fingerprint density at radius 2 is 2.36 bits per heavy atom. The van der Waals surface area contributed by atoms with Crippen LogP contribution in [0, 0.1) is 12.8 Å². The van der Waals surface area contributed by atoms with E-state index in [0.29, 0.717) is 0 Å². The van der Waals surface area contributed by atoms with E-state index in [1.807, 2.05) is 11.7 Å². The highest BCUT2D eigenvalue weighted by molar-refractivity contribution is 5.10. The molecule has 0 radical (unpaired) electrons. The molecule has 0 bridgehead atoms. The molecule has 0 atom stereocenters. The smallest absolute Gasteiger partial charge is 0.0596 e. The van der Waals surface area contributed by atoms with Gasteiger partial charge in [-0.3, -0.25) is 4.68 Å². The zero-order valence-corrected chi connectivity index (χ0v) is 7.17. The molecule has 0 N–H and O–H groups in total. The lowest BCUT2D eigenvalue weighted by Gasteiger charge is -1.97. The molecule has 0 amide bonds. The molecule has 2 rings (SSSR count). The Balaban J connectivity index is 2.14. The standard InChI is InChI=1S/C9H14N2/c1-7-5-9(11(2)10-7)6-8-3-4-8/h5,8H,3-4,6H2,1-2H3. The highest BCUT2D eigenvalue weighted by Crippen LogP contribution is 2.32. The predicted molar refractivity (Wildman–Crippen MR) is 44.4 cm³/mol. The average molecular weight is 150 g/mol. The summed E-state index contributed by atoms with van der Waals surface area (Å²) in [6, 6.07) is 2.19. The molecule has 0 spiro atoms. The first-order chi connectivity index (χ1) is 5.25. The van der Waals surface area contributed by atoms with Gasteiger partial charge in [-0.1, -0.05) is 0 Å². The fraction of sp³-hybridized carbons (Fsp3) is 0.667. The number of aromatic nitrogens is 2. The second kappa shape index (κ2) is 2.36. The molecule has 2 heteroatoms. The van der Waals surface area contributed by atoms with E-state index in [1.165, 1.54) is 25.0 Å². The van der Waals surface area contributed by atoms with Gasteiger partial charge in [-0.2, -0.15) is 5.10 Å². The maximum absolute atomic E-state index is 4.31. The summed E-state index contributed by atoms with van der Waals surface area (Å²) in [6.45, 7) is 2.05. The van der Waals surface area contributed by atoms with Gasteiger partial charge in [0.15, 0.2) is 0 Å². The molecule has 1 heterocycles. The molecule has 0 saturated heterocycles. The van der Waals surface area contributed by atoms with Crippen molar-refractivity contribution in [2.24, 2.45) is 13.0 Å². The predicted octanol–water partition coefficient (Wildman–Crippen LogP) is 1.68. The van der Waals surface area contributed by atoms with Crippen LogP contribution in [0.3, 0.4) is 0 Å². The van der Waals surface area contributed by atoms with Crippen LogP contribution in [0.2, 0.25) is 0 Å². The summed E-state index contributed by atoms with van der Waals surface area (Å²) in [4.78, 5) is 0. The highest BCUT2D eigenvalue weighted by Gasteiger charge is 2.22. The fourth-order valence-electron chi connectivity index (χ4n) is 1.47. The van der Waals surface area contributed by atoms with Crippen molar-refractivity contribution in [2.75, 3.05) is 0 Å². The zero-order chi connectivity index (χ0) is 7.84. The third kappa shape index (κ3) is 1.44. The first-order valence-corrected chi connectivity index (χ1v) is 4.25. The van der Waals surface area contributed by atoms with Gasteiger partial charge in [0.05, 0.1) is 5.69 Å². The van der Waals surface area contributed by atoms with E-state index >= 15 is 0 Å². The first kappa shape index (κ1) is 6.89. The van der Waals surface area contributed by atoms with Gasteiger partial charge in [0.25, 0.3) is 0 Å². The molecule has 60 valence electrons. The summed E-state index contributed by atoms with van der Waals surface area (Å²) in [5.41, 5.74) is 2.54. The monoisotopic (exact) mass is 150 g/mol. The summed E-state index contributed by atoms with van der Waals surface area (Å²) in [5.74, 6) is 0.963. The van der Waals surface area contributed by atoms with E-state index in [-0.39, 0.29) is 0 Å². The topological polar surface area (TPSA) is 17.8 Å². The quantitative estimate of drug-likeness (QED) is 0.627. The molecule has 1 aliphatic carbocycles. The van der Waals surface area contributed by atoms with E-state index in [0.717, 1.165) is 11.6 Å². The molecule has 0 aromatic carbocycles. The summed E-state index contributed by atoms with van der Waals surface area (Å²) >= 11 is 0. The van der Waals surface area contributed by atoms with Crippen molar-refractivity contribution in [2.45, 2.75) is 26.2 Å². The maximum Gasteiger partial charge on any atom is 0.0596 e. The van der Waals surface area contributed by atoms with Gasteiger partial charge in [-0.15, -0.1) is 0 Å². The summed E-state index contributed by atoms with van der Waals surface area (Å²) in [6.07, 6.45) is 4.08. The molecule has 1 saturated carbocycles. The van der Waals surface area contributed by atoms with Crippen molar-refractivity contribution >= 4 is 0 Å². The van der Waals surface area contributed by atoms with Crippen molar-refractivity contribution in [1.29, 1.82) is 0 Å². The second-order valence-electron chi connectivity index (χ2n) is 3.55. The van der Waals surface area contributed by atoms with Gasteiger partial charge in [0, 0.05) is 12.7 Å². The minimum Gasteiger partial charge on any atom is -0.272 e. The third-order valence-corrected chi connectivity index (χ3v) is 2.29. The van der Waals surface area contributed by atoms with Crippen LogP contribution in [0.25, 0.3) is 0 Å². The minimum absolute atomic E-state index is 0.963. The highest BCUT2D eigenvalue weighted by atomic mass is 15.3. The molecule has 1 aromatic rings. The lowest BCUT2D eigenvalue weighted by Crippen LogP contribution is -1.98. The van der Waals surface area contributed by atoms with Gasteiger partial charge >= 0.3 is 0 Å².